The second-order valence-corrected chi connectivity index (χ2v) is 8.16. The van der Waals surface area contributed by atoms with E-state index in [9.17, 15) is 9.59 Å². The van der Waals surface area contributed by atoms with Crippen LogP contribution in [0.5, 0.6) is 11.5 Å². The highest BCUT2D eigenvalue weighted by atomic mass is 16.5. The van der Waals surface area contributed by atoms with Crippen molar-refractivity contribution < 1.29 is 19.1 Å². The van der Waals surface area contributed by atoms with Gasteiger partial charge in [0.15, 0.2) is 0 Å². The minimum Gasteiger partial charge on any atom is -0.497 e. The predicted molar refractivity (Wildman–Crippen MR) is 105 cm³/mol. The lowest BCUT2D eigenvalue weighted by molar-refractivity contribution is -0.123. The first kappa shape index (κ1) is 17.5. The standard InChI is InChI=1S/C23H25NO4/c1-27-14-8-11-17(18(12-14)28-2)24-22(25)20-15-9-10-16(21(20)23(24)26)19(15)13-6-4-3-5-7-13/h8-12,15-16,20-21H,3-7H2,1-2H3/t15-,16-,20-,21+/m1/s1. The summed E-state index contributed by atoms with van der Waals surface area (Å²) in [5, 5.41) is 0. The first-order chi connectivity index (χ1) is 13.7. The number of nitrogens with zero attached hydrogens (tertiary/aromatic N) is 1. The molecule has 1 saturated heterocycles. The number of ether oxygens (including phenoxy) is 2. The molecule has 5 rings (SSSR count). The lowest BCUT2D eigenvalue weighted by atomic mass is 9.85. The number of amides is 2. The van der Waals surface area contributed by atoms with Crippen LogP contribution in [0.15, 0.2) is 41.5 Å². The number of anilines is 1. The van der Waals surface area contributed by atoms with Gasteiger partial charge in [-0.2, -0.15) is 0 Å². The molecule has 0 spiro atoms. The third-order valence-corrected chi connectivity index (χ3v) is 6.91. The molecule has 2 saturated carbocycles. The molecule has 146 valence electrons. The third kappa shape index (κ3) is 2.31. The smallest absolute Gasteiger partial charge is 0.238 e. The number of carbonyl (C=O) groups is 2. The van der Waals surface area contributed by atoms with Gasteiger partial charge in [0.2, 0.25) is 11.8 Å². The van der Waals surface area contributed by atoms with E-state index < -0.39 is 0 Å². The van der Waals surface area contributed by atoms with Gasteiger partial charge in [-0.3, -0.25) is 9.59 Å². The average Bonchev–Trinajstić information content (AvgIpc) is 3.38. The maximum Gasteiger partial charge on any atom is 0.238 e. The first-order valence-electron chi connectivity index (χ1n) is 10.2. The zero-order valence-electron chi connectivity index (χ0n) is 16.3. The van der Waals surface area contributed by atoms with Gasteiger partial charge in [0.1, 0.15) is 11.5 Å². The number of hydrogen-bond acceptors (Lipinski definition) is 4. The molecule has 1 aliphatic heterocycles. The Kier molecular flexibility index (Phi) is 4.07. The zero-order valence-corrected chi connectivity index (χ0v) is 16.3. The summed E-state index contributed by atoms with van der Waals surface area (Å²) in [4.78, 5) is 28.2. The Morgan fingerprint density at radius 2 is 1.54 bits per heavy atom. The van der Waals surface area contributed by atoms with E-state index in [1.54, 1.807) is 32.4 Å². The molecule has 0 N–H and O–H groups in total. The van der Waals surface area contributed by atoms with Crippen molar-refractivity contribution in [2.45, 2.75) is 32.1 Å². The lowest BCUT2D eigenvalue weighted by Crippen LogP contribution is -2.33. The summed E-state index contributed by atoms with van der Waals surface area (Å²) < 4.78 is 10.7. The number of allylic oxidation sites excluding steroid dienone is 4. The van der Waals surface area contributed by atoms with Crippen LogP contribution in [0.4, 0.5) is 5.69 Å². The maximum atomic E-state index is 13.4. The van der Waals surface area contributed by atoms with Crippen molar-refractivity contribution in [2.75, 3.05) is 19.1 Å². The van der Waals surface area contributed by atoms with E-state index in [4.69, 9.17) is 9.47 Å². The molecule has 2 amide bonds. The Morgan fingerprint density at radius 1 is 0.893 bits per heavy atom. The molecule has 0 radical (unpaired) electrons. The Bertz CT molecular complexity index is 873. The molecule has 3 fully saturated rings. The monoisotopic (exact) mass is 379 g/mol. The fourth-order valence-electron chi connectivity index (χ4n) is 5.71. The van der Waals surface area contributed by atoms with Crippen LogP contribution in [-0.4, -0.2) is 26.0 Å². The van der Waals surface area contributed by atoms with Crippen molar-refractivity contribution in [1.82, 2.24) is 0 Å². The summed E-state index contributed by atoms with van der Waals surface area (Å²) in [6.07, 6.45) is 10.3. The van der Waals surface area contributed by atoms with E-state index >= 15 is 0 Å². The van der Waals surface area contributed by atoms with Crippen LogP contribution in [0.2, 0.25) is 0 Å². The van der Waals surface area contributed by atoms with Gasteiger partial charge in [-0.1, -0.05) is 29.7 Å². The molecule has 1 aromatic rings. The summed E-state index contributed by atoms with van der Waals surface area (Å²) >= 11 is 0. The molecular weight excluding hydrogens is 354 g/mol. The molecule has 1 aromatic carbocycles. The molecular formula is C23H25NO4. The van der Waals surface area contributed by atoms with Gasteiger partial charge in [0.25, 0.3) is 0 Å². The van der Waals surface area contributed by atoms with Crippen LogP contribution in [0.1, 0.15) is 32.1 Å². The van der Waals surface area contributed by atoms with Crippen molar-refractivity contribution in [3.63, 3.8) is 0 Å². The number of fused-ring (bicyclic) bond motifs is 5. The molecule has 4 aliphatic rings. The van der Waals surface area contributed by atoms with E-state index in [0.29, 0.717) is 17.2 Å². The van der Waals surface area contributed by atoms with Gasteiger partial charge in [0, 0.05) is 17.9 Å². The van der Waals surface area contributed by atoms with E-state index in [1.807, 2.05) is 0 Å². The van der Waals surface area contributed by atoms with Gasteiger partial charge >= 0.3 is 0 Å². The average molecular weight is 379 g/mol. The van der Waals surface area contributed by atoms with E-state index in [0.717, 1.165) is 12.8 Å². The SMILES string of the molecule is COc1ccc(N2C(=O)[C@@H]3[C@H](C2=O)[C@@H]2C=C[C@@H]3C2=C2CCCCC2)c(OC)c1. The third-order valence-electron chi connectivity index (χ3n) is 6.91. The molecule has 0 unspecified atom stereocenters. The number of methoxy groups -OCH3 is 2. The molecule has 4 atom stereocenters. The van der Waals surface area contributed by atoms with Crippen molar-refractivity contribution in [3.8, 4) is 11.5 Å². The van der Waals surface area contributed by atoms with Gasteiger partial charge < -0.3 is 9.47 Å². The normalized spacial score (nSPS) is 31.0. The Balaban J connectivity index is 1.52. The van der Waals surface area contributed by atoms with Crippen LogP contribution in [-0.2, 0) is 9.59 Å². The minimum absolute atomic E-state index is 0.0915. The van der Waals surface area contributed by atoms with Crippen molar-refractivity contribution in [1.29, 1.82) is 0 Å². The van der Waals surface area contributed by atoms with Gasteiger partial charge in [-0.05, 0) is 37.8 Å². The second-order valence-electron chi connectivity index (χ2n) is 8.16. The Morgan fingerprint density at radius 3 is 2.11 bits per heavy atom. The second kappa shape index (κ2) is 6.50. The predicted octanol–water partition coefficient (Wildman–Crippen LogP) is 3.89. The highest BCUT2D eigenvalue weighted by Gasteiger charge is 2.62. The van der Waals surface area contributed by atoms with E-state index in [2.05, 4.69) is 12.2 Å². The van der Waals surface area contributed by atoms with Crippen LogP contribution >= 0.6 is 0 Å². The Hall–Kier alpha value is -2.56. The topological polar surface area (TPSA) is 55.8 Å². The number of benzene rings is 1. The van der Waals surface area contributed by atoms with E-state index in [-0.39, 0.29) is 35.5 Å². The highest BCUT2D eigenvalue weighted by Crippen LogP contribution is 2.58. The molecule has 5 nitrogen and oxygen atoms in total. The number of carbonyl (C=O) groups excluding carboxylic acids is 2. The molecule has 28 heavy (non-hydrogen) atoms. The number of hydrogen-bond donors (Lipinski definition) is 0. The molecule has 1 heterocycles. The summed E-state index contributed by atoms with van der Waals surface area (Å²) in [5.74, 6) is 0.576. The molecule has 5 heteroatoms. The van der Waals surface area contributed by atoms with Crippen LogP contribution in [0.25, 0.3) is 0 Å². The highest BCUT2D eigenvalue weighted by molar-refractivity contribution is 6.24. The lowest BCUT2D eigenvalue weighted by Gasteiger charge is -2.24. The summed E-state index contributed by atoms with van der Waals surface area (Å²) in [6, 6.07) is 5.21. The van der Waals surface area contributed by atoms with Crippen LogP contribution < -0.4 is 14.4 Å². The van der Waals surface area contributed by atoms with Crippen molar-refractivity contribution in [2.24, 2.45) is 23.7 Å². The summed E-state index contributed by atoms with van der Waals surface area (Å²) in [5.41, 5.74) is 3.41. The number of rotatable bonds is 3. The summed E-state index contributed by atoms with van der Waals surface area (Å²) in [7, 11) is 3.12. The van der Waals surface area contributed by atoms with Crippen molar-refractivity contribution in [3.05, 3.63) is 41.5 Å². The van der Waals surface area contributed by atoms with Crippen molar-refractivity contribution >= 4 is 17.5 Å². The number of imide groups is 1. The fraction of sp³-hybridized carbons (Fsp3) is 0.478. The first-order valence-corrected chi connectivity index (χ1v) is 10.2. The van der Waals surface area contributed by atoms with E-state index in [1.165, 1.54) is 35.3 Å². The fourth-order valence-corrected chi connectivity index (χ4v) is 5.71. The maximum absolute atomic E-state index is 13.4. The van der Waals surface area contributed by atoms with Gasteiger partial charge in [0.05, 0.1) is 31.7 Å². The molecule has 2 bridgehead atoms. The Labute approximate surface area is 165 Å². The minimum atomic E-state index is -0.265. The largest absolute Gasteiger partial charge is 0.497 e. The summed E-state index contributed by atoms with van der Waals surface area (Å²) in [6.45, 7) is 0. The molecule has 0 aromatic heterocycles. The van der Waals surface area contributed by atoms with Crippen LogP contribution in [0, 0.1) is 23.7 Å². The van der Waals surface area contributed by atoms with Gasteiger partial charge in [-0.15, -0.1) is 0 Å². The van der Waals surface area contributed by atoms with Gasteiger partial charge in [-0.25, -0.2) is 4.90 Å². The molecule has 3 aliphatic carbocycles. The quantitative estimate of drug-likeness (QED) is 0.591. The van der Waals surface area contributed by atoms with Crippen LogP contribution in [0.3, 0.4) is 0 Å². The zero-order chi connectivity index (χ0) is 19.4.